The van der Waals surface area contributed by atoms with E-state index in [9.17, 15) is 18.5 Å². The van der Waals surface area contributed by atoms with E-state index in [0.29, 0.717) is 11.3 Å². The molecule has 1 aliphatic rings. The van der Waals surface area contributed by atoms with Crippen LogP contribution in [0.5, 0.6) is 0 Å². The molecule has 0 N–H and O–H groups in total. The van der Waals surface area contributed by atoms with Gasteiger partial charge in [0.1, 0.15) is 17.2 Å². The lowest BCUT2D eigenvalue weighted by Crippen LogP contribution is -2.25. The molecule has 1 unspecified atom stereocenters. The van der Waals surface area contributed by atoms with Gasteiger partial charge in [-0.3, -0.25) is 10.1 Å². The number of hydroxylamine groups is 1. The number of hydrogen-bond acceptors (Lipinski definition) is 6. The van der Waals surface area contributed by atoms with Gasteiger partial charge in [-0.15, -0.1) is 0 Å². The summed E-state index contributed by atoms with van der Waals surface area (Å²) in [5.74, 6) is 0. The summed E-state index contributed by atoms with van der Waals surface area (Å²) in [5.41, 5.74) is 1.14. The predicted molar refractivity (Wildman–Crippen MR) is 108 cm³/mol. The van der Waals surface area contributed by atoms with Crippen LogP contribution in [0.3, 0.4) is 0 Å². The largest absolute Gasteiger partial charge is 0.385 e. The first-order chi connectivity index (χ1) is 14.0. The summed E-state index contributed by atoms with van der Waals surface area (Å²) in [4.78, 5) is 16.4. The van der Waals surface area contributed by atoms with E-state index >= 15 is 0 Å². The highest BCUT2D eigenvalue weighted by molar-refractivity contribution is 7.95. The van der Waals surface area contributed by atoms with E-state index in [1.807, 2.05) is 18.2 Å². The van der Waals surface area contributed by atoms with Crippen molar-refractivity contribution < 1.29 is 18.2 Å². The standard InChI is InChI=1S/C21H16N2O5S/c24-23(25)18-13-11-16(12-14-18)21-20(29(26,27)19-9-5-2-6-10-19)15-28-22(21)17-7-3-1-4-8-17/h1-15,21H. The van der Waals surface area contributed by atoms with Crippen LogP contribution in [-0.4, -0.2) is 13.3 Å². The van der Waals surface area contributed by atoms with Crippen molar-refractivity contribution in [1.29, 1.82) is 0 Å². The Labute approximate surface area is 167 Å². The Balaban J connectivity index is 1.81. The summed E-state index contributed by atoms with van der Waals surface area (Å²) in [5, 5.41) is 12.5. The maximum Gasteiger partial charge on any atom is 0.269 e. The maximum atomic E-state index is 13.3. The first-order valence-electron chi connectivity index (χ1n) is 8.74. The quantitative estimate of drug-likeness (QED) is 0.459. The van der Waals surface area contributed by atoms with E-state index in [1.54, 1.807) is 42.5 Å². The summed E-state index contributed by atoms with van der Waals surface area (Å²) >= 11 is 0. The summed E-state index contributed by atoms with van der Waals surface area (Å²) in [7, 11) is -3.84. The zero-order valence-electron chi connectivity index (χ0n) is 15.1. The van der Waals surface area contributed by atoms with Crippen LogP contribution in [0, 0.1) is 10.1 Å². The molecule has 4 rings (SSSR count). The van der Waals surface area contributed by atoms with Crippen LogP contribution < -0.4 is 5.06 Å². The molecule has 1 aliphatic heterocycles. The predicted octanol–water partition coefficient (Wildman–Crippen LogP) is 4.40. The summed E-state index contributed by atoms with van der Waals surface area (Å²) in [6.07, 6.45) is 1.22. The van der Waals surface area contributed by atoms with Crippen molar-refractivity contribution >= 4 is 21.2 Å². The van der Waals surface area contributed by atoms with Gasteiger partial charge in [0.2, 0.25) is 9.84 Å². The van der Waals surface area contributed by atoms with E-state index in [4.69, 9.17) is 4.84 Å². The molecule has 1 heterocycles. The minimum absolute atomic E-state index is 0.0569. The van der Waals surface area contributed by atoms with Crippen LogP contribution in [0.25, 0.3) is 0 Å². The second-order valence-electron chi connectivity index (χ2n) is 6.35. The van der Waals surface area contributed by atoms with Crippen LogP contribution >= 0.6 is 0 Å². The van der Waals surface area contributed by atoms with Crippen LogP contribution in [0.2, 0.25) is 0 Å². The Morgan fingerprint density at radius 1 is 0.862 bits per heavy atom. The second kappa shape index (κ2) is 7.40. The number of para-hydroxylation sites is 1. The fourth-order valence-corrected chi connectivity index (χ4v) is 4.64. The number of nitro groups is 1. The molecule has 0 spiro atoms. The van der Waals surface area contributed by atoms with Gasteiger partial charge in [-0.1, -0.05) is 36.4 Å². The Bertz CT molecular complexity index is 1160. The minimum atomic E-state index is -3.84. The first kappa shape index (κ1) is 18.7. The van der Waals surface area contributed by atoms with Gasteiger partial charge in [-0.25, -0.2) is 8.42 Å². The number of benzene rings is 3. The van der Waals surface area contributed by atoms with Gasteiger partial charge in [0.25, 0.3) is 5.69 Å². The highest BCUT2D eigenvalue weighted by atomic mass is 32.2. The van der Waals surface area contributed by atoms with Crippen molar-refractivity contribution in [3.8, 4) is 0 Å². The van der Waals surface area contributed by atoms with Crippen molar-refractivity contribution in [2.24, 2.45) is 0 Å². The summed E-state index contributed by atoms with van der Waals surface area (Å²) in [6, 6.07) is 22.2. The van der Waals surface area contributed by atoms with Crippen molar-refractivity contribution in [2.75, 3.05) is 5.06 Å². The smallest absolute Gasteiger partial charge is 0.269 e. The molecule has 0 aliphatic carbocycles. The molecule has 0 saturated carbocycles. The number of non-ortho nitro benzene ring substituents is 1. The lowest BCUT2D eigenvalue weighted by molar-refractivity contribution is -0.384. The molecule has 3 aromatic rings. The second-order valence-corrected chi connectivity index (χ2v) is 8.30. The highest BCUT2D eigenvalue weighted by Crippen LogP contribution is 2.42. The highest BCUT2D eigenvalue weighted by Gasteiger charge is 2.40. The van der Waals surface area contributed by atoms with E-state index in [2.05, 4.69) is 0 Å². The van der Waals surface area contributed by atoms with Crippen LogP contribution in [0.15, 0.2) is 101 Å². The molecule has 29 heavy (non-hydrogen) atoms. The zero-order valence-corrected chi connectivity index (χ0v) is 15.9. The number of hydrogen-bond donors (Lipinski definition) is 0. The van der Waals surface area contributed by atoms with Crippen molar-refractivity contribution in [1.82, 2.24) is 0 Å². The van der Waals surface area contributed by atoms with Gasteiger partial charge >= 0.3 is 0 Å². The topological polar surface area (TPSA) is 89.8 Å². The van der Waals surface area contributed by atoms with Crippen LogP contribution in [0.1, 0.15) is 11.6 Å². The number of nitro benzene ring substituents is 1. The Morgan fingerprint density at radius 3 is 2.03 bits per heavy atom. The number of anilines is 1. The monoisotopic (exact) mass is 408 g/mol. The van der Waals surface area contributed by atoms with Crippen molar-refractivity contribution in [2.45, 2.75) is 10.9 Å². The fourth-order valence-electron chi connectivity index (χ4n) is 3.16. The van der Waals surface area contributed by atoms with E-state index in [-0.39, 0.29) is 15.5 Å². The molecule has 8 heteroatoms. The molecule has 3 aromatic carbocycles. The van der Waals surface area contributed by atoms with Gasteiger partial charge < -0.3 is 4.84 Å². The minimum Gasteiger partial charge on any atom is -0.385 e. The SMILES string of the molecule is O=[N+]([O-])c1ccc(C2C(S(=O)(=O)c3ccccc3)=CON2c2ccccc2)cc1. The molecule has 0 fully saturated rings. The molecular weight excluding hydrogens is 392 g/mol. The number of nitrogens with zero attached hydrogens (tertiary/aromatic N) is 2. The summed E-state index contributed by atoms with van der Waals surface area (Å²) in [6.45, 7) is 0. The lowest BCUT2D eigenvalue weighted by Gasteiger charge is -2.26. The lowest BCUT2D eigenvalue weighted by atomic mass is 10.1. The third-order valence-corrected chi connectivity index (χ3v) is 6.41. The first-order valence-corrected chi connectivity index (χ1v) is 10.2. The Morgan fingerprint density at radius 2 is 1.45 bits per heavy atom. The van der Waals surface area contributed by atoms with Crippen LogP contribution in [-0.2, 0) is 14.7 Å². The normalized spacial score (nSPS) is 16.2. The molecule has 146 valence electrons. The molecule has 1 atom stereocenters. The summed E-state index contributed by atoms with van der Waals surface area (Å²) < 4.78 is 26.6. The zero-order chi connectivity index (χ0) is 20.4. The van der Waals surface area contributed by atoms with Crippen molar-refractivity contribution in [3.63, 3.8) is 0 Å². The molecule has 0 aromatic heterocycles. The van der Waals surface area contributed by atoms with E-state index in [1.165, 1.54) is 35.6 Å². The molecule has 0 amide bonds. The van der Waals surface area contributed by atoms with Gasteiger partial charge in [0.15, 0.2) is 0 Å². The number of sulfone groups is 1. The van der Waals surface area contributed by atoms with Gasteiger partial charge in [0, 0.05) is 12.1 Å². The average molecular weight is 408 g/mol. The molecule has 0 bridgehead atoms. The Kier molecular flexibility index (Phi) is 4.77. The third-order valence-electron chi connectivity index (χ3n) is 4.58. The van der Waals surface area contributed by atoms with Crippen molar-refractivity contribution in [3.05, 3.63) is 112 Å². The van der Waals surface area contributed by atoms with Gasteiger partial charge in [0.05, 0.1) is 15.5 Å². The van der Waals surface area contributed by atoms with E-state index < -0.39 is 20.8 Å². The van der Waals surface area contributed by atoms with Crippen LogP contribution in [0.4, 0.5) is 11.4 Å². The fraction of sp³-hybridized carbons (Fsp3) is 0.0476. The maximum absolute atomic E-state index is 13.3. The molecular formula is C21H16N2O5S. The molecule has 0 radical (unpaired) electrons. The number of rotatable bonds is 5. The van der Waals surface area contributed by atoms with Gasteiger partial charge in [-0.05, 0) is 42.0 Å². The average Bonchev–Trinajstić information content (AvgIpc) is 3.21. The Hall–Kier alpha value is -3.65. The molecule has 7 nitrogen and oxygen atoms in total. The third kappa shape index (κ3) is 3.45. The van der Waals surface area contributed by atoms with E-state index in [0.717, 1.165) is 0 Å². The molecule has 0 saturated heterocycles. The van der Waals surface area contributed by atoms with Gasteiger partial charge in [-0.2, -0.15) is 5.06 Å².